The number of rotatable bonds is 33. The zero-order chi connectivity index (χ0) is 35.8. The molecule has 0 fully saturated rings. The van der Waals surface area contributed by atoms with Crippen LogP contribution in [0.25, 0.3) is 0 Å². The second-order valence-corrected chi connectivity index (χ2v) is 15.1. The minimum Gasteiger partial charge on any atom is -0.462 e. The lowest BCUT2D eigenvalue weighted by atomic mass is 10.1. The number of phosphoric ester groups is 1. The van der Waals surface area contributed by atoms with E-state index in [-0.39, 0.29) is 32.0 Å². The summed E-state index contributed by atoms with van der Waals surface area (Å²) in [6.45, 7) is 4.30. The Morgan fingerprint density at radius 2 is 1.12 bits per heavy atom. The van der Waals surface area contributed by atoms with Crippen molar-refractivity contribution in [2.75, 3.05) is 47.5 Å². The number of hydrogen-bond donors (Lipinski definition) is 1. The van der Waals surface area contributed by atoms with Crippen LogP contribution in [0.3, 0.4) is 0 Å². The molecule has 0 aromatic heterocycles. The van der Waals surface area contributed by atoms with Gasteiger partial charge in [0.25, 0.3) is 0 Å². The smallest absolute Gasteiger partial charge is 0.462 e. The first-order chi connectivity index (χ1) is 23.0. The first kappa shape index (κ1) is 46.2. The molecule has 280 valence electrons. The van der Waals surface area contributed by atoms with Crippen molar-refractivity contribution in [1.29, 1.82) is 0 Å². The summed E-state index contributed by atoms with van der Waals surface area (Å²) in [6.07, 6.45) is 32.0. The Morgan fingerprint density at radius 3 is 1.71 bits per heavy atom. The predicted molar refractivity (Wildman–Crippen MR) is 197 cm³/mol. The van der Waals surface area contributed by atoms with Crippen LogP contribution in [0.15, 0.2) is 36.5 Å². The molecular formula is C38H71NO8P+. The lowest BCUT2D eigenvalue weighted by Gasteiger charge is -2.24. The number of likely N-dealkylation sites (N-methyl/N-ethyl adjacent to an activating group) is 1. The van der Waals surface area contributed by atoms with E-state index in [1.54, 1.807) is 0 Å². The minimum absolute atomic E-state index is 0.0245. The van der Waals surface area contributed by atoms with Crippen LogP contribution >= 0.6 is 7.82 Å². The van der Waals surface area contributed by atoms with Crippen molar-refractivity contribution >= 4 is 19.8 Å². The van der Waals surface area contributed by atoms with Crippen LogP contribution in [-0.4, -0.2) is 74.9 Å². The zero-order valence-electron chi connectivity index (χ0n) is 31.2. The average Bonchev–Trinajstić information content (AvgIpc) is 3.02. The number of allylic oxidation sites excluding steroid dienone is 6. The van der Waals surface area contributed by atoms with E-state index in [4.69, 9.17) is 18.5 Å². The Morgan fingerprint density at radius 1 is 0.646 bits per heavy atom. The Bertz CT molecular complexity index is 928. The Labute approximate surface area is 293 Å². The van der Waals surface area contributed by atoms with Crippen molar-refractivity contribution < 1.29 is 42.1 Å². The zero-order valence-corrected chi connectivity index (χ0v) is 32.1. The predicted octanol–water partition coefficient (Wildman–Crippen LogP) is 9.79. The van der Waals surface area contributed by atoms with Crippen LogP contribution in [-0.2, 0) is 32.7 Å². The van der Waals surface area contributed by atoms with Crippen molar-refractivity contribution in [2.24, 2.45) is 0 Å². The Hall–Kier alpha value is -1.77. The monoisotopic (exact) mass is 700 g/mol. The number of quaternary nitrogens is 1. The molecule has 0 radical (unpaired) electrons. The molecule has 0 heterocycles. The maximum absolute atomic E-state index is 12.6. The van der Waals surface area contributed by atoms with E-state index in [1.165, 1.54) is 57.8 Å². The lowest BCUT2D eigenvalue weighted by Crippen LogP contribution is -2.37. The fourth-order valence-electron chi connectivity index (χ4n) is 4.67. The van der Waals surface area contributed by atoms with E-state index in [2.05, 4.69) is 50.3 Å². The molecule has 0 amide bonds. The molecule has 0 rings (SSSR count). The summed E-state index contributed by atoms with van der Waals surface area (Å²) in [4.78, 5) is 35.1. The van der Waals surface area contributed by atoms with Crippen LogP contribution in [0.5, 0.6) is 0 Å². The van der Waals surface area contributed by atoms with Gasteiger partial charge in [0.2, 0.25) is 0 Å². The highest BCUT2D eigenvalue weighted by Gasteiger charge is 2.27. The number of phosphoric acid groups is 1. The molecular weight excluding hydrogens is 629 g/mol. The molecule has 0 aliphatic carbocycles. The van der Waals surface area contributed by atoms with E-state index in [0.29, 0.717) is 17.4 Å². The molecule has 0 aromatic rings. The molecule has 1 unspecified atom stereocenters. The fourth-order valence-corrected chi connectivity index (χ4v) is 5.41. The van der Waals surface area contributed by atoms with Gasteiger partial charge in [-0.15, -0.1) is 0 Å². The van der Waals surface area contributed by atoms with Crippen molar-refractivity contribution in [1.82, 2.24) is 0 Å². The number of hydrogen-bond acceptors (Lipinski definition) is 7. The van der Waals surface area contributed by atoms with Crippen LogP contribution in [0.2, 0.25) is 0 Å². The Balaban J connectivity index is 4.53. The summed E-state index contributed by atoms with van der Waals surface area (Å²) in [6, 6.07) is 0. The maximum Gasteiger partial charge on any atom is 0.472 e. The van der Waals surface area contributed by atoms with E-state index < -0.39 is 26.5 Å². The molecule has 0 bridgehead atoms. The van der Waals surface area contributed by atoms with Crippen LogP contribution in [0.1, 0.15) is 142 Å². The number of nitrogens with zero attached hydrogens (tertiary/aromatic N) is 1. The molecule has 0 saturated heterocycles. The van der Waals surface area contributed by atoms with Gasteiger partial charge in [0.1, 0.15) is 19.8 Å². The van der Waals surface area contributed by atoms with E-state index >= 15 is 0 Å². The topological polar surface area (TPSA) is 108 Å². The second kappa shape index (κ2) is 31.2. The van der Waals surface area contributed by atoms with Crippen LogP contribution in [0, 0.1) is 0 Å². The minimum atomic E-state index is -4.37. The summed E-state index contributed by atoms with van der Waals surface area (Å²) in [5.41, 5.74) is 0. The normalized spacial score (nSPS) is 14.2. The summed E-state index contributed by atoms with van der Waals surface area (Å²) < 4.78 is 34.0. The average molecular weight is 701 g/mol. The molecule has 0 aliphatic heterocycles. The largest absolute Gasteiger partial charge is 0.472 e. The molecule has 10 heteroatoms. The number of carbonyl (C=O) groups excluding carboxylic acids is 2. The van der Waals surface area contributed by atoms with Gasteiger partial charge in [-0.2, -0.15) is 0 Å². The third-order valence-corrected chi connectivity index (χ3v) is 8.66. The molecule has 2 atom stereocenters. The number of unbranched alkanes of at least 4 members (excludes halogenated alkanes) is 13. The number of carbonyl (C=O) groups is 2. The van der Waals surface area contributed by atoms with Gasteiger partial charge < -0.3 is 18.9 Å². The van der Waals surface area contributed by atoms with Crippen LogP contribution in [0.4, 0.5) is 0 Å². The maximum atomic E-state index is 12.6. The van der Waals surface area contributed by atoms with Gasteiger partial charge in [-0.05, 0) is 51.4 Å². The summed E-state index contributed by atoms with van der Waals surface area (Å²) in [5, 5.41) is 0. The first-order valence-corrected chi connectivity index (χ1v) is 20.2. The van der Waals surface area contributed by atoms with Crippen LogP contribution < -0.4 is 0 Å². The highest BCUT2D eigenvalue weighted by molar-refractivity contribution is 7.47. The first-order valence-electron chi connectivity index (χ1n) is 18.7. The third-order valence-electron chi connectivity index (χ3n) is 7.67. The van der Waals surface area contributed by atoms with Crippen molar-refractivity contribution in [3.05, 3.63) is 36.5 Å². The van der Waals surface area contributed by atoms with E-state index in [0.717, 1.165) is 51.4 Å². The number of ether oxygens (including phenoxy) is 2. The van der Waals surface area contributed by atoms with Gasteiger partial charge in [0.15, 0.2) is 6.10 Å². The highest BCUT2D eigenvalue weighted by Crippen LogP contribution is 2.43. The van der Waals surface area contributed by atoms with Gasteiger partial charge in [0, 0.05) is 12.8 Å². The quantitative estimate of drug-likeness (QED) is 0.0237. The van der Waals surface area contributed by atoms with Crippen molar-refractivity contribution in [2.45, 2.75) is 148 Å². The van der Waals surface area contributed by atoms with E-state index in [1.807, 2.05) is 21.1 Å². The Kier molecular flexibility index (Phi) is 30.1. The number of esters is 2. The molecule has 1 N–H and O–H groups in total. The summed E-state index contributed by atoms with van der Waals surface area (Å²) in [5.74, 6) is -0.849. The van der Waals surface area contributed by atoms with Gasteiger partial charge in [0.05, 0.1) is 27.7 Å². The SMILES string of the molecule is CCCCC/C=C/C/C=C/C/C=C/CCCCC(=O)O[C@H](COC(=O)CCCCCCCCCCC)COP(=O)(O)OCC[N+](C)(C)C. The fraction of sp³-hybridized carbons (Fsp3) is 0.789. The van der Waals surface area contributed by atoms with Crippen molar-refractivity contribution in [3.63, 3.8) is 0 Å². The molecule has 9 nitrogen and oxygen atoms in total. The molecule has 0 aliphatic rings. The summed E-state index contributed by atoms with van der Waals surface area (Å²) in [7, 11) is 1.45. The third kappa shape index (κ3) is 34.1. The van der Waals surface area contributed by atoms with Crippen molar-refractivity contribution in [3.8, 4) is 0 Å². The van der Waals surface area contributed by atoms with Gasteiger partial charge in [-0.25, -0.2) is 4.57 Å². The highest BCUT2D eigenvalue weighted by atomic mass is 31.2. The van der Waals surface area contributed by atoms with Gasteiger partial charge in [-0.1, -0.05) is 115 Å². The van der Waals surface area contributed by atoms with Gasteiger partial charge in [-0.3, -0.25) is 18.6 Å². The second-order valence-electron chi connectivity index (χ2n) is 13.6. The molecule has 0 spiro atoms. The standard InChI is InChI=1S/C38H70NO8P/c1-6-8-10-12-14-16-17-18-19-20-21-23-25-27-29-31-38(41)47-36(35-46-48(42,43)45-33-32-39(3,4)5)34-44-37(40)30-28-26-24-22-15-13-11-9-7-2/h14,16,18-19,21,23,36H,6-13,15,17,20,22,24-35H2,1-5H3/p+1/b16-14+,19-18+,23-21+/t36-/m1/s1. The van der Waals surface area contributed by atoms with Gasteiger partial charge >= 0.3 is 19.8 Å². The molecule has 0 aromatic carbocycles. The van der Waals surface area contributed by atoms with E-state index in [9.17, 15) is 19.0 Å². The molecule has 48 heavy (non-hydrogen) atoms. The lowest BCUT2D eigenvalue weighted by molar-refractivity contribution is -0.870. The summed E-state index contributed by atoms with van der Waals surface area (Å²) >= 11 is 0. The molecule has 0 saturated carbocycles.